The van der Waals surface area contributed by atoms with Gasteiger partial charge in [-0.25, -0.2) is 4.98 Å². The van der Waals surface area contributed by atoms with Gasteiger partial charge in [0.2, 0.25) is 0 Å². The molecule has 1 amide bonds. The molecule has 1 aromatic heterocycles. The molecular formula is C17H22N4O4. The van der Waals surface area contributed by atoms with E-state index >= 15 is 0 Å². The Balaban J connectivity index is 2.29. The molecule has 0 spiro atoms. The lowest BCUT2D eigenvalue weighted by Crippen LogP contribution is -2.33. The number of carbonyl (C=O) groups is 1. The molecular weight excluding hydrogens is 324 g/mol. The molecule has 1 N–H and O–H groups in total. The first-order valence-electron chi connectivity index (χ1n) is 8.04. The lowest BCUT2D eigenvalue weighted by molar-refractivity contribution is -0.385. The molecule has 134 valence electrons. The molecule has 0 fully saturated rings. The Morgan fingerprint density at radius 1 is 1.44 bits per heavy atom. The summed E-state index contributed by atoms with van der Waals surface area (Å²) in [4.78, 5) is 27.5. The molecule has 0 aliphatic carbocycles. The zero-order chi connectivity index (χ0) is 18.6. The molecule has 2 rings (SSSR count). The van der Waals surface area contributed by atoms with Crippen molar-refractivity contribution >= 4 is 11.6 Å². The normalized spacial score (nSPS) is 12.0. The van der Waals surface area contributed by atoms with Crippen LogP contribution < -0.4 is 10.1 Å². The van der Waals surface area contributed by atoms with Crippen LogP contribution in [-0.4, -0.2) is 27.0 Å². The Morgan fingerprint density at radius 2 is 2.16 bits per heavy atom. The fraction of sp³-hybridized carbons (Fsp3) is 0.412. The van der Waals surface area contributed by atoms with Gasteiger partial charge < -0.3 is 14.6 Å². The van der Waals surface area contributed by atoms with Gasteiger partial charge in [0.25, 0.3) is 5.91 Å². The third-order valence-electron chi connectivity index (χ3n) is 3.81. The Bertz CT molecular complexity index is 770. The number of aryl methyl sites for hydroxylation is 1. The van der Waals surface area contributed by atoms with Gasteiger partial charge in [-0.05, 0) is 25.0 Å². The minimum absolute atomic E-state index is 0.0998. The van der Waals surface area contributed by atoms with Crippen LogP contribution in [0.25, 0.3) is 0 Å². The number of carbonyl (C=O) groups excluding carboxylic acids is 1. The zero-order valence-electron chi connectivity index (χ0n) is 14.7. The quantitative estimate of drug-likeness (QED) is 0.614. The zero-order valence-corrected chi connectivity index (χ0v) is 14.7. The van der Waals surface area contributed by atoms with Crippen molar-refractivity contribution in [3.05, 3.63) is 52.1 Å². The molecule has 2 aromatic rings. The van der Waals surface area contributed by atoms with Crippen LogP contribution in [0.15, 0.2) is 30.6 Å². The van der Waals surface area contributed by atoms with Crippen LogP contribution in [0.2, 0.25) is 0 Å². The van der Waals surface area contributed by atoms with E-state index < -0.39 is 10.8 Å². The molecule has 25 heavy (non-hydrogen) atoms. The molecule has 0 aliphatic rings. The van der Waals surface area contributed by atoms with Crippen LogP contribution >= 0.6 is 0 Å². The van der Waals surface area contributed by atoms with Crippen molar-refractivity contribution in [2.75, 3.05) is 6.61 Å². The standard InChI is InChI=1S/C17H22N4O4/c1-5-25-14-7-6-12(10-13(14)21(23)24)17(22)19-15(11(2)3)16-18-8-9-20(16)4/h6-11,15H,5H2,1-4H3,(H,19,22)/t15-/m0/s1. The molecule has 8 heteroatoms. The number of nitro benzene ring substituents is 1. The van der Waals surface area contributed by atoms with E-state index in [1.54, 1.807) is 19.3 Å². The number of nitro groups is 1. The van der Waals surface area contributed by atoms with Crippen molar-refractivity contribution in [3.63, 3.8) is 0 Å². The maximum absolute atomic E-state index is 12.6. The fourth-order valence-corrected chi connectivity index (χ4v) is 2.51. The first-order valence-corrected chi connectivity index (χ1v) is 8.04. The minimum atomic E-state index is -0.555. The first kappa shape index (κ1) is 18.4. The number of ether oxygens (including phenoxy) is 1. The molecule has 0 saturated heterocycles. The summed E-state index contributed by atoms with van der Waals surface area (Å²) < 4.78 is 7.08. The second-order valence-corrected chi connectivity index (χ2v) is 5.96. The van der Waals surface area contributed by atoms with Crippen LogP contribution in [-0.2, 0) is 7.05 Å². The number of hydrogen-bond acceptors (Lipinski definition) is 5. The molecule has 0 unspecified atom stereocenters. The monoisotopic (exact) mass is 346 g/mol. The van der Waals surface area contributed by atoms with Crippen LogP contribution in [0.4, 0.5) is 5.69 Å². The third kappa shape index (κ3) is 4.14. The van der Waals surface area contributed by atoms with Gasteiger partial charge in [-0.1, -0.05) is 13.8 Å². The van der Waals surface area contributed by atoms with Gasteiger partial charge >= 0.3 is 5.69 Å². The van der Waals surface area contributed by atoms with E-state index in [0.717, 1.165) is 5.82 Å². The van der Waals surface area contributed by atoms with Crippen LogP contribution in [0.5, 0.6) is 5.75 Å². The summed E-state index contributed by atoms with van der Waals surface area (Å²) in [6.45, 7) is 5.99. The number of amides is 1. The molecule has 0 bridgehead atoms. The summed E-state index contributed by atoms with van der Waals surface area (Å²) in [6, 6.07) is 3.89. The highest BCUT2D eigenvalue weighted by Gasteiger charge is 2.24. The summed E-state index contributed by atoms with van der Waals surface area (Å²) in [5, 5.41) is 14.1. The molecule has 1 atom stereocenters. The van der Waals surface area contributed by atoms with E-state index in [9.17, 15) is 14.9 Å². The smallest absolute Gasteiger partial charge is 0.311 e. The van der Waals surface area contributed by atoms with Gasteiger partial charge in [-0.3, -0.25) is 14.9 Å². The van der Waals surface area contributed by atoms with E-state index in [1.165, 1.54) is 18.2 Å². The average Bonchev–Trinajstić information content (AvgIpc) is 2.98. The Kier molecular flexibility index (Phi) is 5.74. The Labute approximate surface area is 146 Å². The SMILES string of the molecule is CCOc1ccc(C(=O)N[C@H](c2nccn2C)C(C)C)cc1[N+](=O)[O-]. The van der Waals surface area contributed by atoms with Gasteiger partial charge in [0, 0.05) is 31.1 Å². The minimum Gasteiger partial charge on any atom is -0.487 e. The number of nitrogens with one attached hydrogen (secondary N) is 1. The molecule has 1 heterocycles. The van der Waals surface area contributed by atoms with Gasteiger partial charge in [0.15, 0.2) is 5.75 Å². The second kappa shape index (κ2) is 7.78. The van der Waals surface area contributed by atoms with Gasteiger partial charge in [-0.15, -0.1) is 0 Å². The highest BCUT2D eigenvalue weighted by atomic mass is 16.6. The number of benzene rings is 1. The summed E-state index contributed by atoms with van der Waals surface area (Å²) in [6.07, 6.45) is 3.47. The largest absolute Gasteiger partial charge is 0.487 e. The number of rotatable bonds is 7. The van der Waals surface area contributed by atoms with E-state index in [2.05, 4.69) is 10.3 Å². The van der Waals surface area contributed by atoms with Crippen molar-refractivity contribution in [2.45, 2.75) is 26.8 Å². The molecule has 8 nitrogen and oxygen atoms in total. The fourth-order valence-electron chi connectivity index (χ4n) is 2.51. The van der Waals surface area contributed by atoms with Crippen molar-refractivity contribution in [1.29, 1.82) is 0 Å². The van der Waals surface area contributed by atoms with Crippen LogP contribution in [0.1, 0.15) is 43.0 Å². The van der Waals surface area contributed by atoms with E-state index in [0.29, 0.717) is 6.61 Å². The lowest BCUT2D eigenvalue weighted by atomic mass is 10.0. The number of aromatic nitrogens is 2. The summed E-state index contributed by atoms with van der Waals surface area (Å²) >= 11 is 0. The van der Waals surface area contributed by atoms with Crippen LogP contribution in [0, 0.1) is 16.0 Å². The van der Waals surface area contributed by atoms with Gasteiger partial charge in [0.05, 0.1) is 17.6 Å². The predicted octanol–water partition coefficient (Wildman–Crippen LogP) is 2.85. The van der Waals surface area contributed by atoms with Crippen molar-refractivity contribution in [2.24, 2.45) is 13.0 Å². The predicted molar refractivity (Wildman–Crippen MR) is 92.5 cm³/mol. The summed E-state index contributed by atoms with van der Waals surface area (Å²) in [5.41, 5.74) is -0.0254. The molecule has 0 saturated carbocycles. The molecule has 0 radical (unpaired) electrons. The summed E-state index contributed by atoms with van der Waals surface area (Å²) in [7, 11) is 1.85. The summed E-state index contributed by atoms with van der Waals surface area (Å²) in [5.74, 6) is 0.577. The van der Waals surface area contributed by atoms with E-state index in [4.69, 9.17) is 4.74 Å². The average molecular weight is 346 g/mol. The van der Waals surface area contributed by atoms with Crippen LogP contribution in [0.3, 0.4) is 0 Å². The highest BCUT2D eigenvalue weighted by molar-refractivity contribution is 5.95. The Morgan fingerprint density at radius 3 is 2.68 bits per heavy atom. The second-order valence-electron chi connectivity index (χ2n) is 5.96. The van der Waals surface area contributed by atoms with Crippen molar-refractivity contribution in [3.8, 4) is 5.75 Å². The number of nitrogens with zero attached hydrogens (tertiary/aromatic N) is 3. The third-order valence-corrected chi connectivity index (χ3v) is 3.81. The molecule has 0 aliphatic heterocycles. The van der Waals surface area contributed by atoms with E-state index in [-0.39, 0.29) is 29.0 Å². The molecule has 1 aromatic carbocycles. The number of hydrogen-bond donors (Lipinski definition) is 1. The number of imidazole rings is 1. The van der Waals surface area contributed by atoms with E-state index in [1.807, 2.05) is 25.5 Å². The maximum Gasteiger partial charge on any atom is 0.311 e. The van der Waals surface area contributed by atoms with Gasteiger partial charge in [0.1, 0.15) is 5.82 Å². The topological polar surface area (TPSA) is 99.3 Å². The van der Waals surface area contributed by atoms with Gasteiger partial charge in [-0.2, -0.15) is 0 Å². The maximum atomic E-state index is 12.6. The van der Waals surface area contributed by atoms with Crippen molar-refractivity contribution < 1.29 is 14.5 Å². The lowest BCUT2D eigenvalue weighted by Gasteiger charge is -2.22. The first-order chi connectivity index (χ1) is 11.8. The van der Waals surface area contributed by atoms with Crippen molar-refractivity contribution in [1.82, 2.24) is 14.9 Å². The Hall–Kier alpha value is -2.90. The highest BCUT2D eigenvalue weighted by Crippen LogP contribution is 2.28.